The Bertz CT molecular complexity index is 244. The third kappa shape index (κ3) is 0.926. The fourth-order valence-electron chi connectivity index (χ4n) is 1.46. The van der Waals surface area contributed by atoms with Gasteiger partial charge >= 0.3 is 0 Å². The molecule has 2 atom stereocenters. The normalized spacial score (nSPS) is 33.9. The van der Waals surface area contributed by atoms with Crippen molar-refractivity contribution in [2.24, 2.45) is 5.92 Å². The molecule has 0 fully saturated rings. The minimum absolute atomic E-state index is 0.00167. The third-order valence-electron chi connectivity index (χ3n) is 2.11. The molecule has 0 aromatic heterocycles. The lowest BCUT2D eigenvalue weighted by atomic mass is 10.0. The van der Waals surface area contributed by atoms with E-state index in [9.17, 15) is 4.79 Å². The fourth-order valence-corrected chi connectivity index (χ4v) is 1.46. The van der Waals surface area contributed by atoms with Crippen molar-refractivity contribution in [3.8, 4) is 0 Å². The van der Waals surface area contributed by atoms with Gasteiger partial charge in [-0.1, -0.05) is 12.2 Å². The summed E-state index contributed by atoms with van der Waals surface area (Å²) in [7, 11) is 1.96. The minimum atomic E-state index is 0.00167. The van der Waals surface area contributed by atoms with E-state index in [4.69, 9.17) is 0 Å². The Morgan fingerprint density at radius 3 is 3.18 bits per heavy atom. The van der Waals surface area contributed by atoms with Gasteiger partial charge in [-0.2, -0.15) is 0 Å². The highest BCUT2D eigenvalue weighted by Gasteiger charge is 2.28. The third-order valence-corrected chi connectivity index (χ3v) is 2.11. The number of nitrogens with one attached hydrogen (secondary N) is 1. The van der Waals surface area contributed by atoms with Gasteiger partial charge in [0.2, 0.25) is 5.91 Å². The highest BCUT2D eigenvalue weighted by Crippen LogP contribution is 2.20. The molecule has 2 unspecified atom stereocenters. The van der Waals surface area contributed by atoms with Gasteiger partial charge in [-0.15, -0.1) is 0 Å². The fraction of sp³-hybridized carbons (Fsp3) is 0.375. The van der Waals surface area contributed by atoms with Crippen LogP contribution in [0.2, 0.25) is 0 Å². The molecule has 2 rings (SSSR count). The van der Waals surface area contributed by atoms with E-state index in [-0.39, 0.29) is 12.1 Å². The van der Waals surface area contributed by atoms with E-state index < -0.39 is 0 Å². The summed E-state index contributed by atoms with van der Waals surface area (Å²) in [6, 6.07) is 0. The van der Waals surface area contributed by atoms with Crippen molar-refractivity contribution in [1.29, 1.82) is 0 Å². The molecule has 2 aliphatic heterocycles. The van der Waals surface area contributed by atoms with Crippen LogP contribution in [0.4, 0.5) is 0 Å². The second kappa shape index (κ2) is 2.12. The van der Waals surface area contributed by atoms with Gasteiger partial charge < -0.3 is 10.2 Å². The molecule has 2 heterocycles. The largest absolute Gasteiger partial charge is 0.360 e. The Labute approximate surface area is 65.4 Å². The number of rotatable bonds is 0. The summed E-state index contributed by atoms with van der Waals surface area (Å²) in [4.78, 5) is 12.9. The van der Waals surface area contributed by atoms with E-state index in [1.165, 1.54) is 0 Å². The standard InChI is InChI=1S/C8H10N2O/c1-10-5-4-6-2-3-7(11)9-8(6)10/h2-6,8H,1H3,(H,9,11). The van der Waals surface area contributed by atoms with Crippen molar-refractivity contribution >= 4 is 5.91 Å². The molecule has 3 nitrogen and oxygen atoms in total. The highest BCUT2D eigenvalue weighted by atomic mass is 16.1. The molecule has 0 bridgehead atoms. The minimum Gasteiger partial charge on any atom is -0.360 e. The molecule has 2 aliphatic rings. The van der Waals surface area contributed by atoms with Crippen LogP contribution in [0.15, 0.2) is 24.4 Å². The highest BCUT2D eigenvalue weighted by molar-refractivity contribution is 5.88. The van der Waals surface area contributed by atoms with Crippen LogP contribution in [0, 0.1) is 5.92 Å². The molecule has 1 N–H and O–H groups in total. The topological polar surface area (TPSA) is 32.3 Å². The van der Waals surface area contributed by atoms with Gasteiger partial charge in [-0.25, -0.2) is 0 Å². The smallest absolute Gasteiger partial charge is 0.245 e. The molecule has 0 aromatic rings. The average Bonchev–Trinajstić information content (AvgIpc) is 2.33. The van der Waals surface area contributed by atoms with E-state index in [1.54, 1.807) is 6.08 Å². The molecule has 1 amide bonds. The quantitative estimate of drug-likeness (QED) is 0.530. The Balaban J connectivity index is 2.23. The van der Waals surface area contributed by atoms with Crippen LogP contribution in [-0.4, -0.2) is 24.0 Å². The van der Waals surface area contributed by atoms with Crippen molar-refractivity contribution in [2.75, 3.05) is 7.05 Å². The van der Waals surface area contributed by atoms with Crippen molar-refractivity contribution < 1.29 is 4.79 Å². The van der Waals surface area contributed by atoms with Gasteiger partial charge in [0.1, 0.15) is 6.17 Å². The molecule has 0 aliphatic carbocycles. The van der Waals surface area contributed by atoms with Gasteiger partial charge in [0.15, 0.2) is 0 Å². The van der Waals surface area contributed by atoms with Crippen molar-refractivity contribution in [2.45, 2.75) is 6.17 Å². The Hall–Kier alpha value is -1.25. The molecule has 0 aromatic carbocycles. The lowest BCUT2D eigenvalue weighted by Crippen LogP contribution is -2.46. The predicted molar refractivity (Wildman–Crippen MR) is 41.5 cm³/mol. The molecule has 58 valence electrons. The van der Waals surface area contributed by atoms with Crippen LogP contribution >= 0.6 is 0 Å². The first-order chi connectivity index (χ1) is 5.27. The van der Waals surface area contributed by atoms with Crippen LogP contribution < -0.4 is 5.32 Å². The van der Waals surface area contributed by atoms with Gasteiger partial charge in [0, 0.05) is 13.0 Å². The monoisotopic (exact) mass is 150 g/mol. The SMILES string of the molecule is CN1C=CC2C=CC(=O)NC21. The summed E-state index contributed by atoms with van der Waals surface area (Å²) >= 11 is 0. The molecule has 0 radical (unpaired) electrons. The number of amides is 1. The zero-order chi connectivity index (χ0) is 7.84. The van der Waals surface area contributed by atoms with E-state index >= 15 is 0 Å². The van der Waals surface area contributed by atoms with Crippen LogP contribution in [0.1, 0.15) is 0 Å². The second-order valence-corrected chi connectivity index (χ2v) is 2.90. The maximum Gasteiger partial charge on any atom is 0.245 e. The summed E-state index contributed by atoms with van der Waals surface area (Å²) in [6.07, 6.45) is 7.74. The predicted octanol–water partition coefficient (Wildman–Crippen LogP) is 0.0738. The maximum absolute atomic E-state index is 10.9. The van der Waals surface area contributed by atoms with Gasteiger partial charge in [0.05, 0.1) is 0 Å². The molecular formula is C8H10N2O. The molecular weight excluding hydrogens is 140 g/mol. The Morgan fingerprint density at radius 2 is 2.36 bits per heavy atom. The summed E-state index contributed by atoms with van der Waals surface area (Å²) < 4.78 is 0. The summed E-state index contributed by atoms with van der Waals surface area (Å²) in [5.41, 5.74) is 0. The second-order valence-electron chi connectivity index (χ2n) is 2.90. The van der Waals surface area contributed by atoms with E-state index in [0.29, 0.717) is 5.92 Å². The van der Waals surface area contributed by atoms with Crippen LogP contribution in [0.3, 0.4) is 0 Å². The van der Waals surface area contributed by atoms with Crippen LogP contribution in [0.25, 0.3) is 0 Å². The zero-order valence-corrected chi connectivity index (χ0v) is 6.32. The summed E-state index contributed by atoms with van der Waals surface area (Å²) in [5.74, 6) is 0.361. The zero-order valence-electron chi connectivity index (χ0n) is 6.32. The first kappa shape index (κ1) is 6.46. The van der Waals surface area contributed by atoms with Gasteiger partial charge in [-0.3, -0.25) is 4.79 Å². The Kier molecular flexibility index (Phi) is 1.24. The van der Waals surface area contributed by atoms with Gasteiger partial charge in [0.25, 0.3) is 0 Å². The van der Waals surface area contributed by atoms with Crippen LogP contribution in [0.5, 0.6) is 0 Å². The molecule has 0 saturated heterocycles. The Morgan fingerprint density at radius 1 is 1.55 bits per heavy atom. The number of carbonyl (C=O) groups excluding carboxylic acids is 1. The van der Waals surface area contributed by atoms with Crippen molar-refractivity contribution in [3.05, 3.63) is 24.4 Å². The van der Waals surface area contributed by atoms with E-state index in [0.717, 1.165) is 0 Å². The van der Waals surface area contributed by atoms with E-state index in [1.807, 2.05) is 24.2 Å². The average molecular weight is 150 g/mol. The number of carbonyl (C=O) groups is 1. The maximum atomic E-state index is 10.9. The number of fused-ring (bicyclic) bond motifs is 1. The summed E-state index contributed by atoms with van der Waals surface area (Å²) in [5, 5.41) is 2.87. The first-order valence-corrected chi connectivity index (χ1v) is 3.66. The summed E-state index contributed by atoms with van der Waals surface area (Å²) in [6.45, 7) is 0. The first-order valence-electron chi connectivity index (χ1n) is 3.66. The molecule has 11 heavy (non-hydrogen) atoms. The number of nitrogens with zero attached hydrogens (tertiary/aromatic N) is 1. The van der Waals surface area contributed by atoms with E-state index in [2.05, 4.69) is 11.4 Å². The van der Waals surface area contributed by atoms with Gasteiger partial charge in [-0.05, 0) is 12.3 Å². The van der Waals surface area contributed by atoms with Crippen molar-refractivity contribution in [1.82, 2.24) is 10.2 Å². The lowest BCUT2D eigenvalue weighted by Gasteiger charge is -2.27. The lowest BCUT2D eigenvalue weighted by molar-refractivity contribution is -0.118. The molecule has 0 spiro atoms. The van der Waals surface area contributed by atoms with Crippen LogP contribution in [-0.2, 0) is 4.79 Å². The molecule has 3 heteroatoms. The van der Waals surface area contributed by atoms with Crippen molar-refractivity contribution in [3.63, 3.8) is 0 Å². The molecule has 0 saturated carbocycles. The number of hydrogen-bond donors (Lipinski definition) is 1. The number of hydrogen-bond acceptors (Lipinski definition) is 2.